The average Bonchev–Trinajstić information content (AvgIpc) is 2.99. The first-order valence-corrected chi connectivity index (χ1v) is 11.4. The van der Waals surface area contributed by atoms with E-state index >= 15 is 0 Å². The van der Waals surface area contributed by atoms with Gasteiger partial charge in [-0.15, -0.1) is 0 Å². The second-order valence-electron chi connectivity index (χ2n) is 10.8. The minimum absolute atomic E-state index is 0.0300. The lowest BCUT2D eigenvalue weighted by Crippen LogP contribution is -2.53. The first-order chi connectivity index (χ1) is 13.2. The van der Waals surface area contributed by atoms with Gasteiger partial charge < -0.3 is 11.1 Å². The molecule has 28 heavy (non-hydrogen) atoms. The molecule has 1 amide bonds. The van der Waals surface area contributed by atoms with Crippen molar-refractivity contribution in [3.05, 3.63) is 11.6 Å². The molecule has 0 spiro atoms. The number of hydrogen-bond acceptors (Lipinski definition) is 3. The molecule has 3 N–H and O–H groups in total. The summed E-state index contributed by atoms with van der Waals surface area (Å²) in [5, 5.41) is 3.16. The molecular formula is C24H38N2O2. The second-order valence-corrected chi connectivity index (χ2v) is 10.8. The van der Waals surface area contributed by atoms with Crippen LogP contribution < -0.4 is 11.1 Å². The Bertz CT molecular complexity index is 699. The quantitative estimate of drug-likeness (QED) is 0.721. The Labute approximate surface area is 170 Å². The van der Waals surface area contributed by atoms with Crippen LogP contribution >= 0.6 is 0 Å². The van der Waals surface area contributed by atoms with E-state index in [0.717, 1.165) is 43.9 Å². The lowest BCUT2D eigenvalue weighted by Gasteiger charge is -2.58. The van der Waals surface area contributed by atoms with Gasteiger partial charge in [-0.25, -0.2) is 0 Å². The molecule has 0 radical (unpaired) electrons. The van der Waals surface area contributed by atoms with Gasteiger partial charge in [0, 0.05) is 12.0 Å². The van der Waals surface area contributed by atoms with Gasteiger partial charge in [0.15, 0.2) is 0 Å². The molecule has 3 saturated carbocycles. The number of carbonyl (C=O) groups is 2. The van der Waals surface area contributed by atoms with Crippen molar-refractivity contribution < 1.29 is 9.59 Å². The standard InChI is InChI=1S/C24H38N2O2/c1-14(25)22(28)26-17-9-11-23(3)16(13-17)5-6-18-20-8-7-19(15(2)27)24(20,4)12-10-21(18)23/h5,14,17-21H,6-13,25H2,1-4H3,(H,26,28)/t14-,17+,18-,19+,20-,21-,23-,24+/m0/s1. The summed E-state index contributed by atoms with van der Waals surface area (Å²) in [6.07, 6.45) is 11.6. The van der Waals surface area contributed by atoms with Gasteiger partial charge >= 0.3 is 0 Å². The number of nitrogens with one attached hydrogen (secondary N) is 1. The van der Waals surface area contributed by atoms with Crippen LogP contribution in [0.2, 0.25) is 0 Å². The number of allylic oxidation sites excluding steroid dienone is 1. The molecule has 0 heterocycles. The Morgan fingerprint density at radius 1 is 1.14 bits per heavy atom. The maximum absolute atomic E-state index is 12.3. The van der Waals surface area contributed by atoms with Gasteiger partial charge in [-0.05, 0) is 93.8 Å². The van der Waals surface area contributed by atoms with Crippen molar-refractivity contribution in [2.45, 2.75) is 91.1 Å². The summed E-state index contributed by atoms with van der Waals surface area (Å²) in [6, 6.07) is -0.206. The van der Waals surface area contributed by atoms with E-state index in [0.29, 0.717) is 11.7 Å². The zero-order chi connectivity index (χ0) is 20.3. The number of ketones is 1. The second kappa shape index (κ2) is 6.97. The van der Waals surface area contributed by atoms with Crippen molar-refractivity contribution in [1.82, 2.24) is 5.32 Å². The van der Waals surface area contributed by atoms with Crippen LogP contribution in [0.5, 0.6) is 0 Å². The maximum atomic E-state index is 12.3. The number of Topliss-reactive ketones (excluding diaryl/α,β-unsaturated/α-hetero) is 1. The molecule has 0 unspecified atom stereocenters. The van der Waals surface area contributed by atoms with Crippen molar-refractivity contribution in [3.63, 3.8) is 0 Å². The fraction of sp³-hybridized carbons (Fsp3) is 0.833. The fourth-order valence-corrected chi connectivity index (χ4v) is 7.78. The van der Waals surface area contributed by atoms with E-state index in [4.69, 9.17) is 5.73 Å². The van der Waals surface area contributed by atoms with Crippen LogP contribution in [0.25, 0.3) is 0 Å². The Morgan fingerprint density at radius 3 is 2.57 bits per heavy atom. The molecular weight excluding hydrogens is 348 g/mol. The summed E-state index contributed by atoms with van der Waals surface area (Å²) < 4.78 is 0. The van der Waals surface area contributed by atoms with Crippen LogP contribution in [0, 0.1) is 34.5 Å². The molecule has 4 nitrogen and oxygen atoms in total. The van der Waals surface area contributed by atoms with E-state index in [2.05, 4.69) is 25.2 Å². The minimum Gasteiger partial charge on any atom is -0.352 e. The van der Waals surface area contributed by atoms with Gasteiger partial charge in [-0.3, -0.25) is 9.59 Å². The van der Waals surface area contributed by atoms with E-state index in [1.165, 1.54) is 19.3 Å². The van der Waals surface area contributed by atoms with E-state index in [-0.39, 0.29) is 28.7 Å². The topological polar surface area (TPSA) is 72.2 Å². The van der Waals surface area contributed by atoms with Crippen molar-refractivity contribution in [1.29, 1.82) is 0 Å². The summed E-state index contributed by atoms with van der Waals surface area (Å²) >= 11 is 0. The average molecular weight is 387 g/mol. The third-order valence-corrected chi connectivity index (χ3v) is 9.35. The van der Waals surface area contributed by atoms with Crippen LogP contribution in [0.1, 0.15) is 79.1 Å². The molecule has 0 bridgehead atoms. The van der Waals surface area contributed by atoms with Crippen LogP contribution in [0.4, 0.5) is 0 Å². The lowest BCUT2D eigenvalue weighted by molar-refractivity contribution is -0.127. The van der Waals surface area contributed by atoms with Gasteiger partial charge in [-0.1, -0.05) is 25.5 Å². The highest BCUT2D eigenvalue weighted by Gasteiger charge is 2.59. The molecule has 4 aliphatic carbocycles. The van der Waals surface area contributed by atoms with E-state index in [1.807, 2.05) is 6.92 Å². The van der Waals surface area contributed by atoms with Crippen molar-refractivity contribution in [3.8, 4) is 0 Å². The van der Waals surface area contributed by atoms with Crippen molar-refractivity contribution in [2.75, 3.05) is 0 Å². The molecule has 0 aromatic carbocycles. The van der Waals surface area contributed by atoms with Gasteiger partial charge in [0.05, 0.1) is 6.04 Å². The Morgan fingerprint density at radius 2 is 1.89 bits per heavy atom. The molecule has 0 aromatic heterocycles. The van der Waals surface area contributed by atoms with Crippen molar-refractivity contribution >= 4 is 11.7 Å². The molecule has 3 fully saturated rings. The number of amides is 1. The molecule has 156 valence electrons. The van der Waals surface area contributed by atoms with Gasteiger partial charge in [-0.2, -0.15) is 0 Å². The molecule has 0 saturated heterocycles. The molecule has 4 rings (SSSR count). The predicted molar refractivity (Wildman–Crippen MR) is 111 cm³/mol. The Balaban J connectivity index is 1.54. The number of fused-ring (bicyclic) bond motifs is 5. The zero-order valence-corrected chi connectivity index (χ0v) is 18.1. The Hall–Kier alpha value is -1.16. The first kappa shape index (κ1) is 20.1. The van der Waals surface area contributed by atoms with Crippen LogP contribution in [-0.2, 0) is 9.59 Å². The summed E-state index contributed by atoms with van der Waals surface area (Å²) in [4.78, 5) is 24.3. The van der Waals surface area contributed by atoms with Gasteiger partial charge in [0.25, 0.3) is 0 Å². The summed E-state index contributed by atoms with van der Waals surface area (Å²) in [5.41, 5.74) is 7.80. The van der Waals surface area contributed by atoms with E-state index in [9.17, 15) is 9.59 Å². The highest BCUT2D eigenvalue weighted by atomic mass is 16.2. The van der Waals surface area contributed by atoms with Crippen LogP contribution in [0.15, 0.2) is 11.6 Å². The Kier molecular flexibility index (Phi) is 5.01. The molecule has 8 atom stereocenters. The summed E-state index contributed by atoms with van der Waals surface area (Å²) in [5.74, 6) is 2.82. The number of rotatable bonds is 3. The summed E-state index contributed by atoms with van der Waals surface area (Å²) in [6.45, 7) is 8.46. The third-order valence-electron chi connectivity index (χ3n) is 9.35. The van der Waals surface area contributed by atoms with Gasteiger partial charge in [0.2, 0.25) is 5.91 Å². The molecule has 0 aliphatic heterocycles. The highest BCUT2D eigenvalue weighted by Crippen LogP contribution is 2.66. The van der Waals surface area contributed by atoms with Gasteiger partial charge in [0.1, 0.15) is 5.78 Å². The summed E-state index contributed by atoms with van der Waals surface area (Å²) in [7, 11) is 0. The first-order valence-electron chi connectivity index (χ1n) is 11.4. The minimum atomic E-state index is -0.439. The number of nitrogens with two attached hydrogens (primary N) is 1. The number of carbonyl (C=O) groups excluding carboxylic acids is 2. The van der Waals surface area contributed by atoms with E-state index in [1.54, 1.807) is 12.5 Å². The lowest BCUT2D eigenvalue weighted by atomic mass is 9.47. The normalized spacial score (nSPS) is 45.9. The monoisotopic (exact) mass is 386 g/mol. The molecule has 0 aromatic rings. The molecule has 4 aliphatic rings. The maximum Gasteiger partial charge on any atom is 0.236 e. The molecule has 4 heteroatoms. The third kappa shape index (κ3) is 2.98. The fourth-order valence-electron chi connectivity index (χ4n) is 7.78. The largest absolute Gasteiger partial charge is 0.352 e. The van der Waals surface area contributed by atoms with Crippen LogP contribution in [-0.4, -0.2) is 23.8 Å². The van der Waals surface area contributed by atoms with Crippen molar-refractivity contribution in [2.24, 2.45) is 40.2 Å². The highest BCUT2D eigenvalue weighted by molar-refractivity contribution is 5.81. The smallest absolute Gasteiger partial charge is 0.236 e. The number of hydrogen-bond donors (Lipinski definition) is 2. The SMILES string of the molecule is CC(=O)[C@H]1CC[C@H]2[C@@H]3CC=C4C[C@H](NC(=O)[C@H](C)N)CC[C@]4(C)[C@H]3CC[C@]12C. The van der Waals surface area contributed by atoms with Crippen LogP contribution in [0.3, 0.4) is 0 Å². The zero-order valence-electron chi connectivity index (χ0n) is 18.1. The predicted octanol–water partition coefficient (Wildman–Crippen LogP) is 3.99. The van der Waals surface area contributed by atoms with E-state index < -0.39 is 6.04 Å².